The molecule has 21 heavy (non-hydrogen) atoms. The van der Waals surface area contributed by atoms with Crippen LogP contribution in [0.3, 0.4) is 0 Å². The van der Waals surface area contributed by atoms with Crippen LogP contribution in [0, 0.1) is 23.7 Å². The van der Waals surface area contributed by atoms with Gasteiger partial charge in [-0.1, -0.05) is 25.4 Å². The summed E-state index contributed by atoms with van der Waals surface area (Å²) in [5, 5.41) is 15.0. The molecule has 1 aromatic heterocycles. The number of rotatable bonds is 7. The van der Waals surface area contributed by atoms with Crippen LogP contribution in [0.5, 0.6) is 0 Å². The fourth-order valence-electron chi connectivity index (χ4n) is 4.06. The molecule has 4 unspecified atom stereocenters. The average molecular weight is 292 g/mol. The zero-order chi connectivity index (χ0) is 14.8. The Hall–Kier alpha value is -1.10. The van der Waals surface area contributed by atoms with E-state index in [1.54, 1.807) is 0 Å². The van der Waals surface area contributed by atoms with Gasteiger partial charge in [0.05, 0.1) is 6.54 Å². The molecule has 0 spiro atoms. The zero-order valence-electron chi connectivity index (χ0n) is 13.4. The van der Waals surface area contributed by atoms with Gasteiger partial charge in [0, 0.05) is 6.04 Å². The van der Waals surface area contributed by atoms with E-state index in [9.17, 15) is 0 Å². The first-order valence-electron chi connectivity index (χ1n) is 8.41. The Morgan fingerprint density at radius 2 is 2.05 bits per heavy atom. The molecule has 2 aliphatic rings. The van der Waals surface area contributed by atoms with Crippen molar-refractivity contribution in [1.29, 1.82) is 0 Å². The summed E-state index contributed by atoms with van der Waals surface area (Å²) in [5.74, 6) is 3.95. The summed E-state index contributed by atoms with van der Waals surface area (Å²) in [5.41, 5.74) is 0. The van der Waals surface area contributed by atoms with Crippen LogP contribution in [0.4, 0.5) is 6.01 Å². The molecule has 4 atom stereocenters. The first-order chi connectivity index (χ1) is 10.1. The van der Waals surface area contributed by atoms with Gasteiger partial charge in [0.2, 0.25) is 5.89 Å². The maximum atomic E-state index is 5.68. The van der Waals surface area contributed by atoms with Crippen molar-refractivity contribution in [2.45, 2.75) is 59.0 Å². The molecule has 0 aliphatic heterocycles. The van der Waals surface area contributed by atoms with E-state index in [-0.39, 0.29) is 0 Å². The predicted molar refractivity (Wildman–Crippen MR) is 82.9 cm³/mol. The van der Waals surface area contributed by atoms with Crippen molar-refractivity contribution >= 4 is 6.01 Å². The van der Waals surface area contributed by atoms with Crippen LogP contribution in [-0.4, -0.2) is 22.8 Å². The molecular formula is C16H28N4O. The van der Waals surface area contributed by atoms with Crippen LogP contribution >= 0.6 is 0 Å². The second-order valence-corrected chi connectivity index (χ2v) is 7.30. The highest BCUT2D eigenvalue weighted by Crippen LogP contribution is 2.49. The molecule has 2 bridgehead atoms. The van der Waals surface area contributed by atoms with Gasteiger partial charge >= 0.3 is 6.01 Å². The summed E-state index contributed by atoms with van der Waals surface area (Å²) < 4.78 is 5.68. The summed E-state index contributed by atoms with van der Waals surface area (Å²) >= 11 is 0. The van der Waals surface area contributed by atoms with E-state index in [4.69, 9.17) is 4.42 Å². The maximum Gasteiger partial charge on any atom is 0.315 e. The van der Waals surface area contributed by atoms with Gasteiger partial charge in [0.1, 0.15) is 0 Å². The molecule has 3 rings (SSSR count). The number of hydrogen-bond acceptors (Lipinski definition) is 5. The number of aromatic nitrogens is 2. The Kier molecular flexibility index (Phi) is 4.48. The fourth-order valence-corrected chi connectivity index (χ4v) is 4.06. The third kappa shape index (κ3) is 3.57. The van der Waals surface area contributed by atoms with E-state index in [2.05, 4.69) is 41.6 Å². The van der Waals surface area contributed by atoms with Crippen molar-refractivity contribution < 1.29 is 4.42 Å². The highest BCUT2D eigenvalue weighted by molar-refractivity contribution is 5.20. The number of anilines is 1. The first-order valence-corrected chi connectivity index (χ1v) is 8.41. The van der Waals surface area contributed by atoms with Gasteiger partial charge in [-0.3, -0.25) is 0 Å². The fraction of sp³-hybridized carbons (Fsp3) is 0.875. The molecule has 5 nitrogen and oxygen atoms in total. The smallest absolute Gasteiger partial charge is 0.315 e. The molecule has 2 N–H and O–H groups in total. The second kappa shape index (κ2) is 6.34. The summed E-state index contributed by atoms with van der Waals surface area (Å²) in [6.45, 7) is 8.24. The standard InChI is InChI=1S/C16H28N4O/c1-10(2)8-17-9-15-19-20-16(21-15)18-11(3)14-7-12-4-5-13(14)6-12/h10-14,17H,4-9H2,1-3H3,(H,18,20). The summed E-state index contributed by atoms with van der Waals surface area (Å²) in [4.78, 5) is 0. The van der Waals surface area contributed by atoms with Crippen LogP contribution in [0.1, 0.15) is 52.3 Å². The molecule has 118 valence electrons. The highest BCUT2D eigenvalue weighted by Gasteiger charge is 2.42. The third-order valence-corrected chi connectivity index (χ3v) is 5.08. The Balaban J connectivity index is 1.48. The van der Waals surface area contributed by atoms with E-state index in [0.29, 0.717) is 30.4 Å². The molecule has 2 fully saturated rings. The van der Waals surface area contributed by atoms with Crippen LogP contribution in [0.15, 0.2) is 4.42 Å². The van der Waals surface area contributed by atoms with Crippen LogP contribution < -0.4 is 10.6 Å². The Morgan fingerprint density at radius 1 is 1.19 bits per heavy atom. The lowest BCUT2D eigenvalue weighted by atomic mass is 9.84. The van der Waals surface area contributed by atoms with E-state index in [0.717, 1.165) is 24.3 Å². The summed E-state index contributed by atoms with van der Waals surface area (Å²) in [6, 6.07) is 1.00. The first kappa shape index (κ1) is 14.8. The molecular weight excluding hydrogens is 264 g/mol. The zero-order valence-corrected chi connectivity index (χ0v) is 13.4. The Labute approximate surface area is 127 Å². The van der Waals surface area contributed by atoms with Crippen LogP contribution in [0.25, 0.3) is 0 Å². The number of nitrogens with zero attached hydrogens (tertiary/aromatic N) is 2. The van der Waals surface area contributed by atoms with Crippen molar-refractivity contribution in [3.8, 4) is 0 Å². The van der Waals surface area contributed by atoms with Crippen molar-refractivity contribution in [2.75, 3.05) is 11.9 Å². The highest BCUT2D eigenvalue weighted by atomic mass is 16.4. The van der Waals surface area contributed by atoms with Gasteiger partial charge < -0.3 is 15.1 Å². The topological polar surface area (TPSA) is 63.0 Å². The molecule has 2 saturated carbocycles. The van der Waals surface area contributed by atoms with Crippen molar-refractivity contribution in [1.82, 2.24) is 15.5 Å². The van der Waals surface area contributed by atoms with Gasteiger partial charge in [-0.05, 0) is 56.4 Å². The number of fused-ring (bicyclic) bond motifs is 2. The molecule has 0 amide bonds. The van der Waals surface area contributed by atoms with Crippen LogP contribution in [-0.2, 0) is 6.54 Å². The predicted octanol–water partition coefficient (Wildman–Crippen LogP) is 3.05. The lowest BCUT2D eigenvalue weighted by Crippen LogP contribution is -2.30. The Bertz CT molecular complexity index is 459. The SMILES string of the molecule is CC(C)CNCc1nnc(NC(C)C2CC3CCC2C3)o1. The Morgan fingerprint density at radius 3 is 2.71 bits per heavy atom. The number of nitrogens with one attached hydrogen (secondary N) is 2. The van der Waals surface area contributed by atoms with Crippen molar-refractivity contribution in [2.24, 2.45) is 23.7 Å². The van der Waals surface area contributed by atoms with Gasteiger partial charge in [-0.2, -0.15) is 0 Å². The lowest BCUT2D eigenvalue weighted by molar-refractivity contribution is 0.300. The second-order valence-electron chi connectivity index (χ2n) is 7.30. The molecule has 0 saturated heterocycles. The van der Waals surface area contributed by atoms with Crippen LogP contribution in [0.2, 0.25) is 0 Å². The minimum absolute atomic E-state index is 0.428. The molecule has 1 heterocycles. The van der Waals surface area contributed by atoms with Crippen molar-refractivity contribution in [3.63, 3.8) is 0 Å². The van der Waals surface area contributed by atoms with Gasteiger partial charge in [0.25, 0.3) is 0 Å². The molecule has 2 aliphatic carbocycles. The van der Waals surface area contributed by atoms with E-state index in [1.165, 1.54) is 25.7 Å². The lowest BCUT2D eigenvalue weighted by Gasteiger charge is -2.27. The van der Waals surface area contributed by atoms with E-state index < -0.39 is 0 Å². The molecule has 0 aromatic carbocycles. The van der Waals surface area contributed by atoms with E-state index >= 15 is 0 Å². The monoisotopic (exact) mass is 292 g/mol. The van der Waals surface area contributed by atoms with Gasteiger partial charge in [0.15, 0.2) is 0 Å². The summed E-state index contributed by atoms with van der Waals surface area (Å²) in [7, 11) is 0. The molecule has 0 radical (unpaired) electrons. The third-order valence-electron chi connectivity index (χ3n) is 5.08. The maximum absolute atomic E-state index is 5.68. The van der Waals surface area contributed by atoms with E-state index in [1.807, 2.05) is 0 Å². The normalized spacial score (nSPS) is 29.2. The quantitative estimate of drug-likeness (QED) is 0.808. The minimum atomic E-state index is 0.428. The minimum Gasteiger partial charge on any atom is -0.407 e. The largest absolute Gasteiger partial charge is 0.407 e. The van der Waals surface area contributed by atoms with Crippen molar-refractivity contribution in [3.05, 3.63) is 5.89 Å². The average Bonchev–Trinajstić information content (AvgIpc) is 3.14. The number of hydrogen-bond donors (Lipinski definition) is 2. The van der Waals surface area contributed by atoms with Gasteiger partial charge in [-0.15, -0.1) is 5.10 Å². The molecule has 5 heteroatoms. The van der Waals surface area contributed by atoms with Gasteiger partial charge in [-0.25, -0.2) is 0 Å². The summed E-state index contributed by atoms with van der Waals surface area (Å²) in [6.07, 6.45) is 5.66. The molecule has 1 aromatic rings.